The van der Waals surface area contributed by atoms with E-state index < -0.39 is 0 Å². The maximum absolute atomic E-state index is 13.2. The summed E-state index contributed by atoms with van der Waals surface area (Å²) in [5, 5.41) is 0.316. The van der Waals surface area contributed by atoms with Gasteiger partial charge >= 0.3 is 0 Å². The summed E-state index contributed by atoms with van der Waals surface area (Å²) in [6, 6.07) is 9.05. The Labute approximate surface area is 115 Å². The summed E-state index contributed by atoms with van der Waals surface area (Å²) >= 11 is 6.04. The van der Waals surface area contributed by atoms with Gasteiger partial charge in [0.15, 0.2) is 5.78 Å². The molecule has 0 atom stereocenters. The van der Waals surface area contributed by atoms with Gasteiger partial charge in [0.25, 0.3) is 0 Å². The quantitative estimate of drug-likeness (QED) is 0.755. The first-order valence-corrected chi connectivity index (χ1v) is 6.09. The number of ether oxygens (including phenoxy) is 1. The number of hydrogen-bond donors (Lipinski definition) is 0. The van der Waals surface area contributed by atoms with E-state index in [1.807, 2.05) is 6.92 Å². The Bertz CT molecular complexity index is 638. The zero-order valence-electron chi connectivity index (χ0n) is 10.5. The van der Waals surface area contributed by atoms with E-state index in [0.717, 1.165) is 5.56 Å². The lowest BCUT2D eigenvalue weighted by Crippen LogP contribution is -1.94. The van der Waals surface area contributed by atoms with Crippen molar-refractivity contribution in [1.82, 2.24) is 0 Å². The normalized spacial score (nSPS) is 10.3. The first-order chi connectivity index (χ1) is 8.97. The molecular formula is C15H12ClFO2. The lowest BCUT2D eigenvalue weighted by atomic mass is 10.1. The van der Waals surface area contributed by atoms with E-state index in [-0.39, 0.29) is 11.6 Å². The van der Waals surface area contributed by atoms with Crippen molar-refractivity contribution in [1.29, 1.82) is 0 Å². The van der Waals surface area contributed by atoms with Crippen molar-refractivity contribution in [2.45, 2.75) is 13.8 Å². The summed E-state index contributed by atoms with van der Waals surface area (Å²) in [6.07, 6.45) is 0. The Hall–Kier alpha value is -1.87. The van der Waals surface area contributed by atoms with Gasteiger partial charge in [0, 0.05) is 11.6 Å². The van der Waals surface area contributed by atoms with Gasteiger partial charge < -0.3 is 4.74 Å². The van der Waals surface area contributed by atoms with Crippen LogP contribution in [-0.2, 0) is 0 Å². The van der Waals surface area contributed by atoms with Gasteiger partial charge in [0.1, 0.15) is 17.3 Å². The molecule has 0 radical (unpaired) electrons. The van der Waals surface area contributed by atoms with Crippen molar-refractivity contribution in [2.75, 3.05) is 0 Å². The monoisotopic (exact) mass is 278 g/mol. The fraction of sp³-hybridized carbons (Fsp3) is 0.133. The van der Waals surface area contributed by atoms with E-state index in [4.69, 9.17) is 16.3 Å². The average molecular weight is 279 g/mol. The molecule has 4 heteroatoms. The second-order valence-electron chi connectivity index (χ2n) is 4.21. The standard InChI is InChI=1S/C15H12ClFO2/c1-9-3-5-12(17)8-15(9)19-14-6-4-11(10(2)18)7-13(14)16/h3-8H,1-2H3. The maximum Gasteiger partial charge on any atom is 0.159 e. The molecule has 0 unspecified atom stereocenters. The third-order valence-electron chi connectivity index (χ3n) is 2.71. The molecule has 19 heavy (non-hydrogen) atoms. The van der Waals surface area contributed by atoms with Crippen LogP contribution in [0.15, 0.2) is 36.4 Å². The zero-order valence-corrected chi connectivity index (χ0v) is 11.3. The van der Waals surface area contributed by atoms with Crippen LogP contribution in [0, 0.1) is 12.7 Å². The molecule has 0 aliphatic rings. The van der Waals surface area contributed by atoms with Crippen molar-refractivity contribution < 1.29 is 13.9 Å². The van der Waals surface area contributed by atoms with Gasteiger partial charge in [-0.2, -0.15) is 0 Å². The van der Waals surface area contributed by atoms with Crippen LogP contribution in [-0.4, -0.2) is 5.78 Å². The third kappa shape index (κ3) is 3.12. The van der Waals surface area contributed by atoms with Crippen molar-refractivity contribution >= 4 is 17.4 Å². The highest BCUT2D eigenvalue weighted by Gasteiger charge is 2.09. The molecule has 0 bridgehead atoms. The number of carbonyl (C=O) groups excluding carboxylic acids is 1. The van der Waals surface area contributed by atoms with E-state index in [1.54, 1.807) is 18.2 Å². The van der Waals surface area contributed by atoms with Gasteiger partial charge in [0.05, 0.1) is 5.02 Å². The Kier molecular flexibility index (Phi) is 3.86. The molecule has 0 aliphatic carbocycles. The van der Waals surface area contributed by atoms with E-state index in [2.05, 4.69) is 0 Å². The minimum absolute atomic E-state index is 0.0737. The highest BCUT2D eigenvalue weighted by molar-refractivity contribution is 6.32. The van der Waals surface area contributed by atoms with Crippen molar-refractivity contribution in [3.63, 3.8) is 0 Å². The van der Waals surface area contributed by atoms with Crippen LogP contribution in [0.1, 0.15) is 22.8 Å². The summed E-state index contributed by atoms with van der Waals surface area (Å²) < 4.78 is 18.7. The topological polar surface area (TPSA) is 26.3 Å². The highest BCUT2D eigenvalue weighted by Crippen LogP contribution is 2.32. The molecule has 0 aromatic heterocycles. The van der Waals surface area contributed by atoms with Crippen LogP contribution in [0.3, 0.4) is 0 Å². The number of ketones is 1. The van der Waals surface area contributed by atoms with E-state index in [0.29, 0.717) is 22.1 Å². The zero-order chi connectivity index (χ0) is 14.0. The lowest BCUT2D eigenvalue weighted by molar-refractivity contribution is 0.101. The van der Waals surface area contributed by atoms with E-state index in [9.17, 15) is 9.18 Å². The molecule has 0 aliphatic heterocycles. The number of hydrogen-bond acceptors (Lipinski definition) is 2. The summed E-state index contributed by atoms with van der Waals surface area (Å²) in [7, 11) is 0. The molecule has 2 nitrogen and oxygen atoms in total. The molecule has 2 aromatic rings. The van der Waals surface area contributed by atoms with Gasteiger partial charge in [-0.15, -0.1) is 0 Å². The van der Waals surface area contributed by atoms with Crippen LogP contribution in [0.5, 0.6) is 11.5 Å². The molecule has 0 spiro atoms. The summed E-state index contributed by atoms with van der Waals surface area (Å²) in [4.78, 5) is 11.2. The summed E-state index contributed by atoms with van der Waals surface area (Å²) in [5.41, 5.74) is 1.31. The predicted molar refractivity (Wildman–Crippen MR) is 72.7 cm³/mol. The molecule has 0 amide bonds. The van der Waals surface area contributed by atoms with Crippen molar-refractivity contribution in [3.05, 3.63) is 58.4 Å². The van der Waals surface area contributed by atoms with Gasteiger partial charge in [0.2, 0.25) is 0 Å². The predicted octanol–water partition coefficient (Wildman–Crippen LogP) is 4.78. The fourth-order valence-corrected chi connectivity index (χ4v) is 1.82. The summed E-state index contributed by atoms with van der Waals surface area (Å²) in [5.74, 6) is 0.338. The molecule has 0 N–H and O–H groups in total. The minimum Gasteiger partial charge on any atom is -0.455 e. The Morgan fingerprint density at radius 3 is 2.53 bits per heavy atom. The highest BCUT2D eigenvalue weighted by atomic mass is 35.5. The first-order valence-electron chi connectivity index (χ1n) is 5.72. The summed E-state index contributed by atoms with van der Waals surface area (Å²) in [6.45, 7) is 3.27. The Morgan fingerprint density at radius 1 is 1.16 bits per heavy atom. The Balaban J connectivity index is 2.33. The number of Topliss-reactive ketones (excluding diaryl/α,β-unsaturated/α-hetero) is 1. The van der Waals surface area contributed by atoms with Crippen LogP contribution < -0.4 is 4.74 Å². The molecular weight excluding hydrogens is 267 g/mol. The molecule has 0 fully saturated rings. The Morgan fingerprint density at radius 2 is 1.89 bits per heavy atom. The second-order valence-corrected chi connectivity index (χ2v) is 4.62. The van der Waals surface area contributed by atoms with Crippen molar-refractivity contribution in [3.8, 4) is 11.5 Å². The number of aryl methyl sites for hydroxylation is 1. The van der Waals surface area contributed by atoms with E-state index in [1.165, 1.54) is 25.1 Å². The second kappa shape index (κ2) is 5.41. The first kappa shape index (κ1) is 13.6. The van der Waals surface area contributed by atoms with Gasteiger partial charge in [-0.1, -0.05) is 17.7 Å². The molecule has 0 heterocycles. The molecule has 2 aromatic carbocycles. The van der Waals surface area contributed by atoms with E-state index >= 15 is 0 Å². The van der Waals surface area contributed by atoms with Crippen LogP contribution in [0.25, 0.3) is 0 Å². The van der Waals surface area contributed by atoms with Crippen LogP contribution in [0.4, 0.5) is 4.39 Å². The van der Waals surface area contributed by atoms with Crippen LogP contribution >= 0.6 is 11.6 Å². The average Bonchev–Trinajstić information content (AvgIpc) is 2.36. The number of carbonyl (C=O) groups is 1. The van der Waals surface area contributed by atoms with Gasteiger partial charge in [-0.25, -0.2) is 4.39 Å². The SMILES string of the molecule is CC(=O)c1ccc(Oc2cc(F)ccc2C)c(Cl)c1. The van der Waals surface area contributed by atoms with Crippen molar-refractivity contribution in [2.24, 2.45) is 0 Å². The third-order valence-corrected chi connectivity index (χ3v) is 3.00. The number of benzene rings is 2. The van der Waals surface area contributed by atoms with Gasteiger partial charge in [-0.05, 0) is 43.7 Å². The number of rotatable bonds is 3. The lowest BCUT2D eigenvalue weighted by Gasteiger charge is -2.10. The molecule has 98 valence electrons. The van der Waals surface area contributed by atoms with Crippen LogP contribution in [0.2, 0.25) is 5.02 Å². The number of halogens is 2. The minimum atomic E-state index is -0.378. The largest absolute Gasteiger partial charge is 0.455 e. The maximum atomic E-state index is 13.2. The van der Waals surface area contributed by atoms with Gasteiger partial charge in [-0.3, -0.25) is 4.79 Å². The smallest absolute Gasteiger partial charge is 0.159 e. The fourth-order valence-electron chi connectivity index (χ4n) is 1.60. The molecule has 2 rings (SSSR count). The molecule has 0 saturated heterocycles. The molecule has 0 saturated carbocycles.